The predicted octanol–water partition coefficient (Wildman–Crippen LogP) is 4.84. The Morgan fingerprint density at radius 1 is 0.952 bits per heavy atom. The van der Waals surface area contributed by atoms with Crippen LogP contribution >= 0.6 is 24.8 Å². The Balaban J connectivity index is 0.000000418. The molecule has 2 aliphatic rings. The van der Waals surface area contributed by atoms with E-state index in [0.717, 1.165) is 18.7 Å². The summed E-state index contributed by atoms with van der Waals surface area (Å²) in [5, 5.41) is 3.42. The van der Waals surface area contributed by atoms with Crippen LogP contribution in [0, 0.1) is 0 Å². The molecule has 0 heterocycles. The molecule has 0 saturated heterocycles. The smallest absolute Gasteiger partial charge is 0.0318 e. The first-order chi connectivity index (χ1) is 9.24. The van der Waals surface area contributed by atoms with Crippen LogP contribution in [-0.2, 0) is 0 Å². The van der Waals surface area contributed by atoms with Crippen molar-refractivity contribution in [1.29, 1.82) is 0 Å². The highest BCUT2D eigenvalue weighted by Gasteiger charge is 2.07. The molecule has 1 atom stereocenters. The minimum atomic E-state index is 0. The lowest BCUT2D eigenvalue weighted by atomic mass is 10.0. The standard InChI is InChI=1S/C11H18N2.C6H4.2ClH/c1-3-11(13-4-2)9-6-5-7-10(12)8-9;1-2-5-4-6(5)3-1;;/h5-8,11,13H,3-4,12H2,1-2H3;1-4H;2*1H. The molecular weight excluding hydrogens is 303 g/mol. The van der Waals surface area contributed by atoms with Gasteiger partial charge in [-0.3, -0.25) is 0 Å². The quantitative estimate of drug-likeness (QED) is 0.673. The largest absolute Gasteiger partial charge is 0.399 e. The zero-order chi connectivity index (χ0) is 13.7. The number of nitrogens with one attached hydrogen (secondary N) is 1. The van der Waals surface area contributed by atoms with Crippen molar-refractivity contribution in [1.82, 2.24) is 5.32 Å². The number of halogens is 2. The first-order valence-electron chi connectivity index (χ1n) is 6.93. The third-order valence-corrected chi connectivity index (χ3v) is 3.28. The maximum absolute atomic E-state index is 5.72. The number of benzene rings is 2. The SMILES string of the molecule is CCNC(CC)c1cccc(N)c1.Cl.Cl.c1cc2cc-2c1. The molecule has 0 amide bonds. The van der Waals surface area contributed by atoms with Crippen LogP contribution in [0.1, 0.15) is 31.9 Å². The van der Waals surface area contributed by atoms with Crippen molar-refractivity contribution in [2.45, 2.75) is 26.3 Å². The van der Waals surface area contributed by atoms with Crippen molar-refractivity contribution in [2.75, 3.05) is 12.3 Å². The van der Waals surface area contributed by atoms with Gasteiger partial charge in [0.15, 0.2) is 0 Å². The lowest BCUT2D eigenvalue weighted by Gasteiger charge is -2.16. The molecule has 0 bridgehead atoms. The average molecular weight is 327 g/mol. The second-order valence-electron chi connectivity index (χ2n) is 4.77. The molecule has 2 aliphatic carbocycles. The molecule has 21 heavy (non-hydrogen) atoms. The summed E-state index contributed by atoms with van der Waals surface area (Å²) in [5.41, 5.74) is 10.7. The second-order valence-corrected chi connectivity index (χ2v) is 4.77. The molecule has 2 nitrogen and oxygen atoms in total. The fourth-order valence-electron chi connectivity index (χ4n) is 2.20. The number of fused-ring (bicyclic) bond motifs is 1. The van der Waals surface area contributed by atoms with E-state index in [9.17, 15) is 0 Å². The van der Waals surface area contributed by atoms with Gasteiger partial charge in [-0.1, -0.05) is 44.2 Å². The molecule has 1 aromatic rings. The van der Waals surface area contributed by atoms with Crippen LogP contribution in [0.4, 0.5) is 5.69 Å². The van der Waals surface area contributed by atoms with Crippen molar-refractivity contribution in [3.8, 4) is 11.1 Å². The van der Waals surface area contributed by atoms with E-state index in [0.29, 0.717) is 6.04 Å². The Morgan fingerprint density at radius 3 is 1.95 bits per heavy atom. The Kier molecular flexibility index (Phi) is 9.11. The van der Waals surface area contributed by atoms with Gasteiger partial charge < -0.3 is 11.1 Å². The van der Waals surface area contributed by atoms with Gasteiger partial charge in [-0.25, -0.2) is 0 Å². The summed E-state index contributed by atoms with van der Waals surface area (Å²) in [4.78, 5) is 0. The van der Waals surface area contributed by atoms with Gasteiger partial charge in [-0.05, 0) is 47.9 Å². The first-order valence-corrected chi connectivity index (χ1v) is 6.93. The zero-order valence-electron chi connectivity index (χ0n) is 12.5. The molecule has 3 rings (SSSR count). The van der Waals surface area contributed by atoms with Crippen LogP contribution in [0.5, 0.6) is 0 Å². The average Bonchev–Trinajstić information content (AvgIpc) is 3.03. The molecule has 0 aromatic heterocycles. The summed E-state index contributed by atoms with van der Waals surface area (Å²) in [6, 6.07) is 17.0. The highest BCUT2D eigenvalue weighted by molar-refractivity contribution is 5.85. The van der Waals surface area contributed by atoms with Crippen LogP contribution < -0.4 is 11.1 Å². The number of nitrogen functional groups attached to an aromatic ring is 1. The number of anilines is 1. The van der Waals surface area contributed by atoms with Gasteiger partial charge in [-0.2, -0.15) is 0 Å². The Labute approximate surface area is 140 Å². The van der Waals surface area contributed by atoms with Crippen LogP contribution in [-0.4, -0.2) is 6.54 Å². The molecule has 0 radical (unpaired) electrons. The van der Waals surface area contributed by atoms with Gasteiger partial charge in [-0.15, -0.1) is 24.8 Å². The van der Waals surface area contributed by atoms with Crippen molar-refractivity contribution in [2.24, 2.45) is 0 Å². The summed E-state index contributed by atoms with van der Waals surface area (Å²) in [6.07, 6.45) is 1.09. The summed E-state index contributed by atoms with van der Waals surface area (Å²) in [7, 11) is 0. The molecule has 4 heteroatoms. The van der Waals surface area contributed by atoms with Crippen molar-refractivity contribution in [3.05, 3.63) is 54.1 Å². The number of nitrogens with two attached hydrogens (primary N) is 1. The van der Waals surface area contributed by atoms with Crippen molar-refractivity contribution in [3.63, 3.8) is 0 Å². The summed E-state index contributed by atoms with van der Waals surface area (Å²) >= 11 is 0. The van der Waals surface area contributed by atoms with Crippen LogP contribution in [0.2, 0.25) is 0 Å². The third-order valence-electron chi connectivity index (χ3n) is 3.28. The fourth-order valence-corrected chi connectivity index (χ4v) is 2.20. The highest BCUT2D eigenvalue weighted by Crippen LogP contribution is 2.32. The van der Waals surface area contributed by atoms with Gasteiger partial charge >= 0.3 is 0 Å². The Bertz CT molecular complexity index is 527. The fraction of sp³-hybridized carbons (Fsp3) is 0.294. The summed E-state index contributed by atoms with van der Waals surface area (Å²) < 4.78 is 0. The number of hydrogen-bond acceptors (Lipinski definition) is 2. The van der Waals surface area contributed by atoms with E-state index in [1.165, 1.54) is 16.7 Å². The van der Waals surface area contributed by atoms with Gasteiger partial charge in [0, 0.05) is 11.7 Å². The third kappa shape index (κ3) is 5.96. The van der Waals surface area contributed by atoms with Crippen LogP contribution in [0.3, 0.4) is 0 Å². The number of rotatable bonds is 4. The molecule has 3 N–H and O–H groups in total. The molecule has 116 valence electrons. The first kappa shape index (κ1) is 19.8. The minimum absolute atomic E-state index is 0. The summed E-state index contributed by atoms with van der Waals surface area (Å²) in [5.74, 6) is 0. The van der Waals surface area contributed by atoms with Crippen LogP contribution in [0.15, 0.2) is 48.5 Å². The maximum Gasteiger partial charge on any atom is 0.0318 e. The van der Waals surface area contributed by atoms with Crippen LogP contribution in [0.25, 0.3) is 11.1 Å². The van der Waals surface area contributed by atoms with E-state index >= 15 is 0 Å². The van der Waals surface area contributed by atoms with E-state index in [1.54, 1.807) is 0 Å². The number of hydrogen-bond donors (Lipinski definition) is 2. The molecule has 1 unspecified atom stereocenters. The molecule has 1 aromatic carbocycles. The predicted molar refractivity (Wildman–Crippen MR) is 97.5 cm³/mol. The van der Waals surface area contributed by atoms with Crippen molar-refractivity contribution < 1.29 is 0 Å². The minimum Gasteiger partial charge on any atom is -0.399 e. The normalized spacial score (nSPS) is 11.1. The maximum atomic E-state index is 5.72. The summed E-state index contributed by atoms with van der Waals surface area (Å²) in [6.45, 7) is 5.29. The molecule has 0 aliphatic heterocycles. The van der Waals surface area contributed by atoms with Gasteiger partial charge in [0.2, 0.25) is 0 Å². The molecule has 0 spiro atoms. The zero-order valence-corrected chi connectivity index (χ0v) is 14.1. The molecular formula is C17H24Cl2N2. The van der Waals surface area contributed by atoms with Gasteiger partial charge in [0.25, 0.3) is 0 Å². The van der Waals surface area contributed by atoms with E-state index in [4.69, 9.17) is 5.73 Å². The monoisotopic (exact) mass is 326 g/mol. The highest BCUT2D eigenvalue weighted by atomic mass is 35.5. The van der Waals surface area contributed by atoms with E-state index in [-0.39, 0.29) is 24.8 Å². The Morgan fingerprint density at radius 2 is 1.57 bits per heavy atom. The van der Waals surface area contributed by atoms with E-state index in [1.807, 2.05) is 18.2 Å². The molecule has 0 saturated carbocycles. The Hall–Kier alpha value is -1.22. The lowest BCUT2D eigenvalue weighted by molar-refractivity contribution is 0.537. The van der Waals surface area contributed by atoms with Crippen molar-refractivity contribution >= 4 is 30.5 Å². The lowest BCUT2D eigenvalue weighted by Crippen LogP contribution is -2.20. The molecule has 0 fully saturated rings. The van der Waals surface area contributed by atoms with Gasteiger partial charge in [0.05, 0.1) is 0 Å². The second kappa shape index (κ2) is 9.67. The van der Waals surface area contributed by atoms with Gasteiger partial charge in [0.1, 0.15) is 0 Å². The topological polar surface area (TPSA) is 38.0 Å². The van der Waals surface area contributed by atoms with E-state index < -0.39 is 0 Å². The van der Waals surface area contributed by atoms with E-state index in [2.05, 4.69) is 49.5 Å².